The quantitative estimate of drug-likeness (QED) is 0.451. The lowest BCUT2D eigenvalue weighted by molar-refractivity contribution is -0.0741. The van der Waals surface area contributed by atoms with Crippen LogP contribution in [-0.4, -0.2) is 51.5 Å². The van der Waals surface area contributed by atoms with Crippen LogP contribution in [0.1, 0.15) is 64.5 Å². The first-order valence-electron chi connectivity index (χ1n) is 13.2. The Kier molecular flexibility index (Phi) is 5.23. The molecule has 3 aliphatic rings. The summed E-state index contributed by atoms with van der Waals surface area (Å²) >= 11 is 0. The third-order valence-corrected chi connectivity index (χ3v) is 8.54. The number of likely N-dealkylation sites (tertiary alicyclic amines) is 1. The summed E-state index contributed by atoms with van der Waals surface area (Å²) in [5.41, 5.74) is 5.61. The summed E-state index contributed by atoms with van der Waals surface area (Å²) in [6, 6.07) is 12.3. The Morgan fingerprint density at radius 2 is 1.89 bits per heavy atom. The summed E-state index contributed by atoms with van der Waals surface area (Å²) in [7, 11) is 0. The van der Waals surface area contributed by atoms with Gasteiger partial charge >= 0.3 is 0 Å². The highest BCUT2D eigenvalue weighted by Gasteiger charge is 2.43. The molecule has 2 aromatic carbocycles. The second kappa shape index (κ2) is 8.53. The molecule has 1 spiro atoms. The van der Waals surface area contributed by atoms with Crippen molar-refractivity contribution in [3.63, 3.8) is 0 Å². The van der Waals surface area contributed by atoms with E-state index in [1.807, 2.05) is 28.4 Å². The molecule has 0 bridgehead atoms. The lowest BCUT2D eigenvalue weighted by Gasteiger charge is -2.39. The maximum absolute atomic E-state index is 13.7. The van der Waals surface area contributed by atoms with Crippen LogP contribution in [0.5, 0.6) is 0 Å². The normalized spacial score (nSPS) is 19.6. The van der Waals surface area contributed by atoms with Crippen molar-refractivity contribution >= 4 is 22.5 Å². The minimum Gasteiger partial charge on any atom is -0.381 e. The van der Waals surface area contributed by atoms with Gasteiger partial charge < -0.3 is 19.4 Å². The molecule has 2 saturated heterocycles. The number of piperidine rings is 1. The van der Waals surface area contributed by atoms with Crippen LogP contribution in [0.3, 0.4) is 0 Å². The van der Waals surface area contributed by atoms with Gasteiger partial charge in [0.25, 0.3) is 11.5 Å². The number of imidazole rings is 1. The molecule has 0 atom stereocenters. The van der Waals surface area contributed by atoms with Gasteiger partial charge in [0.1, 0.15) is 11.3 Å². The Morgan fingerprint density at radius 1 is 1.11 bits per heavy atom. The number of aromatic amines is 1. The summed E-state index contributed by atoms with van der Waals surface area (Å²) in [5.74, 6) is 1.13. The number of H-pyrrole nitrogens is 1. The topological polar surface area (TPSA) is 88.9 Å². The van der Waals surface area contributed by atoms with Gasteiger partial charge in [0.15, 0.2) is 0 Å². The third kappa shape index (κ3) is 3.54. The molecule has 8 nitrogen and oxygen atoms in total. The first-order chi connectivity index (χ1) is 18.0. The van der Waals surface area contributed by atoms with Gasteiger partial charge in [-0.2, -0.15) is 0 Å². The van der Waals surface area contributed by atoms with Crippen molar-refractivity contribution in [1.29, 1.82) is 0 Å². The van der Waals surface area contributed by atoms with Crippen molar-refractivity contribution < 1.29 is 14.3 Å². The number of rotatable bonds is 2. The highest BCUT2D eigenvalue weighted by molar-refractivity contribution is 5.99. The van der Waals surface area contributed by atoms with Crippen molar-refractivity contribution in [2.75, 3.05) is 26.3 Å². The Hall–Kier alpha value is -3.49. The highest BCUT2D eigenvalue weighted by Crippen LogP contribution is 2.44. The van der Waals surface area contributed by atoms with Gasteiger partial charge in [-0.25, -0.2) is 4.98 Å². The average molecular weight is 499 g/mol. The molecule has 8 heteroatoms. The van der Waals surface area contributed by atoms with E-state index in [1.165, 1.54) is 11.1 Å². The second-order valence-corrected chi connectivity index (χ2v) is 10.6. The minimum absolute atomic E-state index is 0.00300. The predicted molar refractivity (Wildman–Crippen MR) is 139 cm³/mol. The fourth-order valence-corrected chi connectivity index (χ4v) is 6.46. The number of amides is 1. The molecule has 1 amide bonds. The molecule has 1 N–H and O–H groups in total. The standard InChI is InChI=1S/C29H30N4O4/c1-18-14-24-23(31-27(34)25-16-30-26(33(24)25)19-6-12-36-13-7-19)15-21(18)28(35)32-10-8-29(9-11-32)22-5-3-2-4-20(22)17-37-29/h2-5,14-16,19H,6-13,17H2,1H3,(H,31,34). The molecule has 0 unspecified atom stereocenters. The van der Waals surface area contributed by atoms with Crippen LogP contribution in [0.25, 0.3) is 16.6 Å². The van der Waals surface area contributed by atoms with Crippen LogP contribution in [0, 0.1) is 6.92 Å². The summed E-state index contributed by atoms with van der Waals surface area (Å²) in [4.78, 5) is 36.2. The van der Waals surface area contributed by atoms with Crippen LogP contribution in [-0.2, 0) is 21.7 Å². The van der Waals surface area contributed by atoms with E-state index >= 15 is 0 Å². The van der Waals surface area contributed by atoms with Crippen molar-refractivity contribution in [2.24, 2.45) is 0 Å². The monoisotopic (exact) mass is 498 g/mol. The number of benzene rings is 2. The molecule has 3 aliphatic heterocycles. The van der Waals surface area contributed by atoms with Crippen LogP contribution in [0.15, 0.2) is 47.4 Å². The zero-order valence-electron chi connectivity index (χ0n) is 21.0. The van der Waals surface area contributed by atoms with Crippen LogP contribution >= 0.6 is 0 Å². The minimum atomic E-state index is -0.287. The molecule has 0 aliphatic carbocycles. The van der Waals surface area contributed by atoms with Crippen molar-refractivity contribution in [2.45, 2.75) is 50.7 Å². The van der Waals surface area contributed by atoms with Crippen molar-refractivity contribution in [1.82, 2.24) is 19.3 Å². The molecule has 7 rings (SSSR count). The van der Waals surface area contributed by atoms with E-state index in [0.717, 1.165) is 42.6 Å². The van der Waals surface area contributed by atoms with Gasteiger partial charge in [0.2, 0.25) is 0 Å². The first-order valence-corrected chi connectivity index (χ1v) is 13.2. The molecule has 2 aromatic heterocycles. The average Bonchev–Trinajstić information content (AvgIpc) is 3.53. The Labute approximate surface area is 214 Å². The first kappa shape index (κ1) is 22.7. The third-order valence-electron chi connectivity index (χ3n) is 8.54. The number of aryl methyl sites for hydroxylation is 1. The number of hydrogen-bond acceptors (Lipinski definition) is 5. The zero-order valence-corrected chi connectivity index (χ0v) is 21.0. The van der Waals surface area contributed by atoms with Gasteiger partial charge in [-0.3, -0.25) is 14.0 Å². The number of hydrogen-bond donors (Lipinski definition) is 1. The number of carbonyl (C=O) groups is 1. The molecule has 0 radical (unpaired) electrons. The Morgan fingerprint density at radius 3 is 2.70 bits per heavy atom. The number of aromatic nitrogens is 3. The van der Waals surface area contributed by atoms with Gasteiger partial charge in [-0.15, -0.1) is 0 Å². The van der Waals surface area contributed by atoms with E-state index in [-0.39, 0.29) is 23.0 Å². The Bertz CT molecular complexity index is 1590. The fourth-order valence-electron chi connectivity index (χ4n) is 6.46. The maximum Gasteiger partial charge on any atom is 0.274 e. The van der Waals surface area contributed by atoms with E-state index in [0.29, 0.717) is 49.5 Å². The van der Waals surface area contributed by atoms with Gasteiger partial charge in [0.05, 0.1) is 29.4 Å². The number of carbonyl (C=O) groups excluding carboxylic acids is 1. The molecule has 37 heavy (non-hydrogen) atoms. The molecule has 4 aromatic rings. The van der Waals surface area contributed by atoms with E-state index in [1.54, 1.807) is 6.20 Å². The lowest BCUT2D eigenvalue weighted by Crippen LogP contribution is -2.45. The van der Waals surface area contributed by atoms with E-state index in [9.17, 15) is 9.59 Å². The number of fused-ring (bicyclic) bond motifs is 5. The predicted octanol–water partition coefficient (Wildman–Crippen LogP) is 4.04. The second-order valence-electron chi connectivity index (χ2n) is 10.6. The van der Waals surface area contributed by atoms with Gasteiger partial charge in [-0.05, 0) is 61.4 Å². The highest BCUT2D eigenvalue weighted by atomic mass is 16.5. The molecule has 0 saturated carbocycles. The summed E-state index contributed by atoms with van der Waals surface area (Å²) < 4.78 is 13.8. The molecular formula is C29H30N4O4. The Balaban J connectivity index is 1.21. The fraction of sp³-hybridized carbons (Fsp3) is 0.414. The maximum atomic E-state index is 13.7. The summed E-state index contributed by atoms with van der Waals surface area (Å²) in [6.07, 6.45) is 4.98. The van der Waals surface area contributed by atoms with Gasteiger partial charge in [0, 0.05) is 37.8 Å². The van der Waals surface area contributed by atoms with E-state index in [4.69, 9.17) is 9.47 Å². The molecule has 5 heterocycles. The molecule has 2 fully saturated rings. The largest absolute Gasteiger partial charge is 0.381 e. The van der Waals surface area contributed by atoms with Crippen LogP contribution in [0.4, 0.5) is 0 Å². The zero-order chi connectivity index (χ0) is 25.1. The molecular weight excluding hydrogens is 468 g/mol. The number of ether oxygens (including phenoxy) is 2. The van der Waals surface area contributed by atoms with E-state index < -0.39 is 0 Å². The number of nitrogens with one attached hydrogen (secondary N) is 1. The SMILES string of the molecule is Cc1cc2c(cc1C(=O)N1CCC3(CC1)OCc1ccccc13)[nH]c(=O)c1cnc(C3CCOCC3)n12. The lowest BCUT2D eigenvalue weighted by atomic mass is 9.83. The van der Waals surface area contributed by atoms with Crippen molar-refractivity contribution in [3.05, 3.63) is 81.0 Å². The van der Waals surface area contributed by atoms with Crippen molar-refractivity contribution in [3.8, 4) is 0 Å². The molecule has 190 valence electrons. The van der Waals surface area contributed by atoms with Gasteiger partial charge in [-0.1, -0.05) is 24.3 Å². The van der Waals surface area contributed by atoms with Crippen LogP contribution in [0.2, 0.25) is 0 Å². The van der Waals surface area contributed by atoms with E-state index in [2.05, 4.69) is 34.2 Å². The number of nitrogens with zero attached hydrogens (tertiary/aromatic N) is 3. The van der Waals surface area contributed by atoms with Crippen LogP contribution < -0.4 is 5.56 Å². The summed E-state index contributed by atoms with van der Waals surface area (Å²) in [5, 5.41) is 0. The summed E-state index contributed by atoms with van der Waals surface area (Å²) in [6.45, 7) is 5.28. The smallest absolute Gasteiger partial charge is 0.274 e.